The Hall–Kier alpha value is -1.18. The quantitative estimate of drug-likeness (QED) is 0.581. The summed E-state index contributed by atoms with van der Waals surface area (Å²) in [5, 5.41) is 3.41. The van der Waals surface area contributed by atoms with Gasteiger partial charge in [0.15, 0.2) is 5.88 Å². The molecule has 2 aliphatic rings. The molecule has 1 atom stereocenters. The summed E-state index contributed by atoms with van der Waals surface area (Å²) in [4.78, 5) is 0. The van der Waals surface area contributed by atoms with Crippen molar-refractivity contribution in [1.82, 2.24) is 5.32 Å². The number of hydrogen-bond acceptors (Lipinski definition) is 2. The van der Waals surface area contributed by atoms with E-state index in [1.54, 1.807) is 0 Å². The van der Waals surface area contributed by atoms with Crippen molar-refractivity contribution in [2.24, 2.45) is 11.3 Å². The van der Waals surface area contributed by atoms with Gasteiger partial charge in [0.1, 0.15) is 0 Å². The van der Waals surface area contributed by atoms with Crippen LogP contribution in [0.1, 0.15) is 64.7 Å². The minimum Gasteiger partial charge on any atom is -0.480 e. The molecule has 0 radical (unpaired) electrons. The monoisotopic (exact) mass is 303 g/mol. The van der Waals surface area contributed by atoms with Crippen molar-refractivity contribution in [1.29, 1.82) is 0 Å². The fraction of sp³-hybridized carbons (Fsp3) is 0.700. The normalized spacial score (nSPS) is 25.1. The van der Waals surface area contributed by atoms with Crippen molar-refractivity contribution in [3.63, 3.8) is 0 Å². The van der Waals surface area contributed by atoms with Gasteiger partial charge in [-0.2, -0.15) is 0 Å². The summed E-state index contributed by atoms with van der Waals surface area (Å²) in [6.45, 7) is 8.02. The molecule has 0 aromatic rings. The lowest BCUT2D eigenvalue weighted by atomic mass is 9.78. The predicted molar refractivity (Wildman–Crippen MR) is 94.5 cm³/mol. The van der Waals surface area contributed by atoms with Gasteiger partial charge in [0, 0.05) is 12.0 Å². The highest BCUT2D eigenvalue weighted by atomic mass is 16.5. The summed E-state index contributed by atoms with van der Waals surface area (Å²) in [7, 11) is 0. The zero-order valence-electron chi connectivity index (χ0n) is 14.3. The van der Waals surface area contributed by atoms with Crippen molar-refractivity contribution >= 4 is 0 Å². The lowest BCUT2D eigenvalue weighted by Crippen LogP contribution is -2.33. The topological polar surface area (TPSA) is 21.3 Å². The molecular formula is C20H33NO. The Bertz CT molecular complexity index is 393. The van der Waals surface area contributed by atoms with E-state index in [4.69, 9.17) is 4.74 Å². The van der Waals surface area contributed by atoms with E-state index in [1.807, 2.05) is 0 Å². The van der Waals surface area contributed by atoms with Gasteiger partial charge in [-0.15, -0.1) is 0 Å². The second-order valence-electron chi connectivity index (χ2n) is 7.02. The van der Waals surface area contributed by atoms with Crippen LogP contribution in [0.25, 0.3) is 0 Å². The lowest BCUT2D eigenvalue weighted by molar-refractivity contribution is 0.155. The van der Waals surface area contributed by atoms with Crippen molar-refractivity contribution in [2.75, 3.05) is 13.2 Å². The Morgan fingerprint density at radius 3 is 2.77 bits per heavy atom. The van der Waals surface area contributed by atoms with Gasteiger partial charge in [-0.25, -0.2) is 0 Å². The van der Waals surface area contributed by atoms with Gasteiger partial charge in [0.25, 0.3) is 0 Å². The predicted octanol–water partition coefficient (Wildman–Crippen LogP) is 5.34. The van der Waals surface area contributed by atoms with E-state index in [2.05, 4.69) is 43.1 Å². The Labute approximate surface area is 136 Å². The molecule has 1 unspecified atom stereocenters. The van der Waals surface area contributed by atoms with Crippen LogP contribution in [0.15, 0.2) is 36.8 Å². The molecule has 22 heavy (non-hydrogen) atoms. The van der Waals surface area contributed by atoms with E-state index in [9.17, 15) is 0 Å². The van der Waals surface area contributed by atoms with E-state index < -0.39 is 0 Å². The molecule has 2 rings (SSSR count). The lowest BCUT2D eigenvalue weighted by Gasteiger charge is -2.32. The molecule has 0 aliphatic heterocycles. The summed E-state index contributed by atoms with van der Waals surface area (Å²) in [6.07, 6.45) is 20.6. The van der Waals surface area contributed by atoms with Gasteiger partial charge in [-0.1, -0.05) is 69.8 Å². The molecule has 0 heterocycles. The second-order valence-corrected chi connectivity index (χ2v) is 7.02. The molecule has 2 heteroatoms. The highest BCUT2D eigenvalue weighted by Crippen LogP contribution is 2.32. The van der Waals surface area contributed by atoms with Gasteiger partial charge < -0.3 is 10.1 Å². The number of rotatable bonds is 9. The molecule has 2 nitrogen and oxygen atoms in total. The molecular weight excluding hydrogens is 270 g/mol. The van der Waals surface area contributed by atoms with E-state index in [0.29, 0.717) is 0 Å². The smallest absolute Gasteiger partial charge is 0.179 e. The zero-order chi connectivity index (χ0) is 15.7. The van der Waals surface area contributed by atoms with Crippen LogP contribution in [0.3, 0.4) is 0 Å². The van der Waals surface area contributed by atoms with Crippen molar-refractivity contribution < 1.29 is 4.74 Å². The molecule has 0 bridgehead atoms. The SMILES string of the molecule is C=C(NCC1(CCC)C=CC=CC1)OCCC1CCCCC1. The fourth-order valence-corrected chi connectivity index (χ4v) is 3.76. The molecule has 2 aliphatic carbocycles. The largest absolute Gasteiger partial charge is 0.480 e. The van der Waals surface area contributed by atoms with Gasteiger partial charge in [0.05, 0.1) is 6.61 Å². The minimum absolute atomic E-state index is 0.235. The number of hydrogen-bond donors (Lipinski definition) is 1. The standard InChI is InChI=1S/C20H33NO/c1-3-13-20(14-8-5-9-15-20)17-21-18(2)22-16-12-19-10-6-4-7-11-19/h5,8-9,14,19,21H,2-4,6-7,10-13,15-17H2,1H3. The van der Waals surface area contributed by atoms with Crippen LogP contribution < -0.4 is 5.32 Å². The third kappa shape index (κ3) is 5.55. The molecule has 0 spiro atoms. The molecule has 0 aromatic carbocycles. The number of allylic oxidation sites excluding steroid dienone is 3. The zero-order valence-corrected chi connectivity index (χ0v) is 14.3. The second kappa shape index (κ2) is 9.07. The first-order valence-corrected chi connectivity index (χ1v) is 9.14. The maximum Gasteiger partial charge on any atom is 0.179 e. The van der Waals surface area contributed by atoms with Crippen LogP contribution in [-0.4, -0.2) is 13.2 Å². The molecule has 1 N–H and O–H groups in total. The highest BCUT2D eigenvalue weighted by molar-refractivity contribution is 5.17. The van der Waals surface area contributed by atoms with E-state index in [1.165, 1.54) is 51.4 Å². The summed E-state index contributed by atoms with van der Waals surface area (Å²) >= 11 is 0. The maximum absolute atomic E-state index is 5.81. The van der Waals surface area contributed by atoms with Gasteiger partial charge in [0.2, 0.25) is 0 Å². The Balaban J connectivity index is 1.65. The summed E-state index contributed by atoms with van der Waals surface area (Å²) < 4.78 is 5.81. The molecule has 1 fully saturated rings. The van der Waals surface area contributed by atoms with Crippen LogP contribution in [0.5, 0.6) is 0 Å². The first-order valence-electron chi connectivity index (χ1n) is 9.14. The summed E-state index contributed by atoms with van der Waals surface area (Å²) in [6, 6.07) is 0. The molecule has 0 amide bonds. The van der Waals surface area contributed by atoms with E-state index >= 15 is 0 Å². The van der Waals surface area contributed by atoms with Crippen molar-refractivity contribution in [3.05, 3.63) is 36.8 Å². The average molecular weight is 303 g/mol. The molecule has 0 saturated heterocycles. The van der Waals surface area contributed by atoms with Crippen LogP contribution in [0.2, 0.25) is 0 Å². The number of ether oxygens (including phenoxy) is 1. The van der Waals surface area contributed by atoms with Crippen LogP contribution in [0.4, 0.5) is 0 Å². The van der Waals surface area contributed by atoms with Crippen LogP contribution in [0, 0.1) is 11.3 Å². The van der Waals surface area contributed by atoms with Crippen LogP contribution in [-0.2, 0) is 4.74 Å². The Kier molecular flexibility index (Phi) is 7.08. The van der Waals surface area contributed by atoms with Gasteiger partial charge >= 0.3 is 0 Å². The van der Waals surface area contributed by atoms with Crippen molar-refractivity contribution in [2.45, 2.75) is 64.7 Å². The van der Waals surface area contributed by atoms with E-state index in [-0.39, 0.29) is 5.41 Å². The Morgan fingerprint density at radius 1 is 1.27 bits per heavy atom. The average Bonchev–Trinajstić information content (AvgIpc) is 2.55. The number of nitrogens with one attached hydrogen (secondary N) is 1. The van der Waals surface area contributed by atoms with Crippen LogP contribution >= 0.6 is 0 Å². The summed E-state index contributed by atoms with van der Waals surface area (Å²) in [5.74, 6) is 1.62. The van der Waals surface area contributed by atoms with E-state index in [0.717, 1.165) is 31.4 Å². The Morgan fingerprint density at radius 2 is 2.09 bits per heavy atom. The third-order valence-corrected chi connectivity index (χ3v) is 5.13. The maximum atomic E-state index is 5.81. The van der Waals surface area contributed by atoms with Gasteiger partial charge in [-0.05, 0) is 31.8 Å². The molecule has 124 valence electrons. The first-order chi connectivity index (χ1) is 10.7. The fourth-order valence-electron chi connectivity index (χ4n) is 3.76. The first kappa shape index (κ1) is 17.2. The van der Waals surface area contributed by atoms with Crippen molar-refractivity contribution in [3.8, 4) is 0 Å². The highest BCUT2D eigenvalue weighted by Gasteiger charge is 2.26. The minimum atomic E-state index is 0.235. The molecule has 0 aromatic heterocycles. The van der Waals surface area contributed by atoms with Gasteiger partial charge in [-0.3, -0.25) is 0 Å². The third-order valence-electron chi connectivity index (χ3n) is 5.13. The summed E-state index contributed by atoms with van der Waals surface area (Å²) in [5.41, 5.74) is 0.235. The molecule has 1 saturated carbocycles.